The molecule has 0 unspecified atom stereocenters. The number of carbonyl (C=O) groups excluding carboxylic acids is 2. The van der Waals surface area contributed by atoms with E-state index in [-0.39, 0.29) is 13.0 Å². The fraction of sp³-hybridized carbons (Fsp3) is 0.269. The Hall–Kier alpha value is -3.87. The molecule has 33 heavy (non-hydrogen) atoms. The number of carboxylic acid groups (broad SMARTS) is 1. The molecule has 0 bridgehead atoms. The van der Waals surface area contributed by atoms with Gasteiger partial charge in [-0.1, -0.05) is 72.8 Å². The van der Waals surface area contributed by atoms with Crippen molar-refractivity contribution in [3.05, 3.63) is 83.9 Å². The minimum atomic E-state index is -1.12. The zero-order valence-corrected chi connectivity index (χ0v) is 18.1. The lowest BCUT2D eigenvalue weighted by atomic mass is 9.98. The maximum absolute atomic E-state index is 13.0. The number of ether oxygens (including phenoxy) is 1. The van der Waals surface area contributed by atoms with E-state index in [4.69, 9.17) is 4.74 Å². The summed E-state index contributed by atoms with van der Waals surface area (Å²) in [5, 5.41) is 14.4. The van der Waals surface area contributed by atoms with Crippen LogP contribution in [0.25, 0.3) is 10.8 Å². The number of hydrogen-bond acceptors (Lipinski definition) is 4. The first-order valence-electron chi connectivity index (χ1n) is 11.0. The first kappa shape index (κ1) is 22.3. The van der Waals surface area contributed by atoms with Crippen LogP contribution in [0.4, 0.5) is 4.79 Å². The number of benzene rings is 3. The van der Waals surface area contributed by atoms with Crippen LogP contribution in [0, 0.1) is 0 Å². The van der Waals surface area contributed by atoms with E-state index in [0.29, 0.717) is 19.4 Å². The summed E-state index contributed by atoms with van der Waals surface area (Å²) in [5.41, 5.74) is 1.69. The Labute approximate surface area is 192 Å². The van der Waals surface area contributed by atoms with E-state index >= 15 is 0 Å². The molecule has 0 spiro atoms. The second kappa shape index (κ2) is 10.2. The molecule has 0 radical (unpaired) electrons. The smallest absolute Gasteiger partial charge is 0.410 e. The van der Waals surface area contributed by atoms with Crippen LogP contribution in [0.2, 0.25) is 0 Å². The highest BCUT2D eigenvalue weighted by molar-refractivity contribution is 5.91. The van der Waals surface area contributed by atoms with Gasteiger partial charge in [-0.05, 0) is 34.7 Å². The molecule has 0 aromatic heterocycles. The maximum atomic E-state index is 13.0. The SMILES string of the molecule is O=C(N[C@H](Cc1cccc2ccccc12)C(=O)O)[C@H]1CCCN1C(=O)OCc1ccccc1. The normalized spacial score (nSPS) is 16.4. The monoisotopic (exact) mass is 446 g/mol. The molecular weight excluding hydrogens is 420 g/mol. The van der Waals surface area contributed by atoms with Gasteiger partial charge in [0.05, 0.1) is 0 Å². The first-order valence-corrected chi connectivity index (χ1v) is 11.0. The lowest BCUT2D eigenvalue weighted by Gasteiger charge is -2.25. The third-order valence-corrected chi connectivity index (χ3v) is 5.91. The van der Waals surface area contributed by atoms with Crippen molar-refractivity contribution in [2.24, 2.45) is 0 Å². The van der Waals surface area contributed by atoms with Gasteiger partial charge in [-0.25, -0.2) is 9.59 Å². The minimum Gasteiger partial charge on any atom is -0.480 e. The van der Waals surface area contributed by atoms with Crippen LogP contribution in [0.1, 0.15) is 24.0 Å². The van der Waals surface area contributed by atoms with E-state index in [1.807, 2.05) is 72.8 Å². The second-order valence-corrected chi connectivity index (χ2v) is 8.13. The van der Waals surface area contributed by atoms with E-state index < -0.39 is 30.1 Å². The van der Waals surface area contributed by atoms with Crippen molar-refractivity contribution in [3.8, 4) is 0 Å². The lowest BCUT2D eigenvalue weighted by Crippen LogP contribution is -2.51. The molecule has 2 amide bonds. The summed E-state index contributed by atoms with van der Waals surface area (Å²) in [5.74, 6) is -1.59. The van der Waals surface area contributed by atoms with Crippen molar-refractivity contribution in [2.45, 2.75) is 38.0 Å². The molecule has 1 aliphatic heterocycles. The van der Waals surface area contributed by atoms with E-state index in [2.05, 4.69) is 5.32 Å². The predicted molar refractivity (Wildman–Crippen MR) is 124 cm³/mol. The number of likely N-dealkylation sites (tertiary alicyclic amines) is 1. The molecule has 4 rings (SSSR count). The summed E-state index contributed by atoms with van der Waals surface area (Å²) in [7, 11) is 0. The number of hydrogen-bond donors (Lipinski definition) is 2. The number of rotatable bonds is 7. The zero-order valence-electron chi connectivity index (χ0n) is 18.1. The Morgan fingerprint density at radius 2 is 1.73 bits per heavy atom. The van der Waals surface area contributed by atoms with Crippen molar-refractivity contribution in [2.75, 3.05) is 6.54 Å². The van der Waals surface area contributed by atoms with Crippen LogP contribution in [0.15, 0.2) is 72.8 Å². The quantitative estimate of drug-likeness (QED) is 0.576. The van der Waals surface area contributed by atoms with E-state index in [1.165, 1.54) is 4.90 Å². The van der Waals surface area contributed by atoms with Crippen LogP contribution in [0.5, 0.6) is 0 Å². The highest BCUT2D eigenvalue weighted by atomic mass is 16.6. The summed E-state index contributed by atoms with van der Waals surface area (Å²) < 4.78 is 5.38. The highest BCUT2D eigenvalue weighted by Gasteiger charge is 2.36. The number of carbonyl (C=O) groups is 3. The Bertz CT molecular complexity index is 1140. The Morgan fingerprint density at radius 3 is 2.52 bits per heavy atom. The van der Waals surface area contributed by atoms with Crippen LogP contribution in [-0.4, -0.2) is 46.6 Å². The number of amides is 2. The number of aliphatic carboxylic acids is 1. The molecule has 3 aromatic rings. The molecular formula is C26H26N2O5. The van der Waals surface area contributed by atoms with Gasteiger partial charge in [0.15, 0.2) is 0 Å². The molecule has 7 nitrogen and oxygen atoms in total. The Kier molecular flexibility index (Phi) is 6.88. The molecule has 2 atom stereocenters. The van der Waals surface area contributed by atoms with Crippen molar-refractivity contribution in [1.82, 2.24) is 10.2 Å². The predicted octanol–water partition coefficient (Wildman–Crippen LogP) is 3.75. The number of fused-ring (bicyclic) bond motifs is 1. The van der Waals surface area contributed by atoms with E-state index in [1.54, 1.807) is 0 Å². The fourth-order valence-corrected chi connectivity index (χ4v) is 4.22. The second-order valence-electron chi connectivity index (χ2n) is 8.13. The van der Waals surface area contributed by atoms with Crippen molar-refractivity contribution >= 4 is 28.7 Å². The molecule has 0 saturated carbocycles. The van der Waals surface area contributed by atoms with Gasteiger partial charge in [-0.3, -0.25) is 9.69 Å². The summed E-state index contributed by atoms with van der Waals surface area (Å²) in [4.78, 5) is 38.9. The maximum Gasteiger partial charge on any atom is 0.410 e. The van der Waals surface area contributed by atoms with Gasteiger partial charge in [-0.2, -0.15) is 0 Å². The lowest BCUT2D eigenvalue weighted by molar-refractivity contribution is -0.142. The third-order valence-electron chi connectivity index (χ3n) is 5.91. The molecule has 170 valence electrons. The van der Waals surface area contributed by atoms with E-state index in [9.17, 15) is 19.5 Å². The molecule has 1 heterocycles. The molecule has 1 fully saturated rings. The van der Waals surface area contributed by atoms with Gasteiger partial charge in [-0.15, -0.1) is 0 Å². The molecule has 7 heteroatoms. The summed E-state index contributed by atoms with van der Waals surface area (Å²) in [6.07, 6.45) is 0.692. The first-order chi connectivity index (χ1) is 16.0. The van der Waals surface area contributed by atoms with Gasteiger partial charge in [0.25, 0.3) is 0 Å². The summed E-state index contributed by atoms with van der Waals surface area (Å²) in [6.45, 7) is 0.510. The van der Waals surface area contributed by atoms with Crippen LogP contribution in [-0.2, 0) is 27.4 Å². The summed E-state index contributed by atoms with van der Waals surface area (Å²) >= 11 is 0. The third kappa shape index (κ3) is 5.31. The van der Waals surface area contributed by atoms with Crippen molar-refractivity contribution in [3.63, 3.8) is 0 Å². The van der Waals surface area contributed by atoms with E-state index in [0.717, 1.165) is 21.9 Å². The molecule has 3 aromatic carbocycles. The fourth-order valence-electron chi connectivity index (χ4n) is 4.22. The topological polar surface area (TPSA) is 95.9 Å². The Balaban J connectivity index is 1.42. The van der Waals surface area contributed by atoms with Gasteiger partial charge in [0.1, 0.15) is 18.7 Å². The van der Waals surface area contributed by atoms with Crippen molar-refractivity contribution < 1.29 is 24.2 Å². The molecule has 1 aliphatic rings. The average Bonchev–Trinajstić information content (AvgIpc) is 3.33. The zero-order chi connectivity index (χ0) is 23.2. The Morgan fingerprint density at radius 1 is 1.00 bits per heavy atom. The number of nitrogens with one attached hydrogen (secondary N) is 1. The summed E-state index contributed by atoms with van der Waals surface area (Å²) in [6, 6.07) is 20.9. The molecule has 2 N–H and O–H groups in total. The highest BCUT2D eigenvalue weighted by Crippen LogP contribution is 2.22. The number of carboxylic acids is 1. The average molecular weight is 447 g/mol. The molecule has 0 aliphatic carbocycles. The van der Waals surface area contributed by atoms with Gasteiger partial charge >= 0.3 is 12.1 Å². The standard InChI is InChI=1S/C26H26N2O5/c29-24(23-14-7-15-28(23)26(32)33-17-18-8-2-1-3-9-18)27-22(25(30)31)16-20-12-6-11-19-10-4-5-13-21(19)20/h1-6,8-13,22-23H,7,14-17H2,(H,27,29)(H,30,31)/t22-,23-/m1/s1. The van der Waals surface area contributed by atoms with Gasteiger partial charge in [0.2, 0.25) is 5.91 Å². The molecule has 1 saturated heterocycles. The minimum absolute atomic E-state index is 0.114. The van der Waals surface area contributed by atoms with Crippen molar-refractivity contribution in [1.29, 1.82) is 0 Å². The van der Waals surface area contributed by atoms with Crippen LogP contribution < -0.4 is 5.32 Å². The van der Waals surface area contributed by atoms with Crippen LogP contribution in [0.3, 0.4) is 0 Å². The number of nitrogens with zero attached hydrogens (tertiary/aromatic N) is 1. The van der Waals surface area contributed by atoms with Gasteiger partial charge in [0, 0.05) is 13.0 Å². The van der Waals surface area contributed by atoms with Gasteiger partial charge < -0.3 is 15.2 Å². The largest absolute Gasteiger partial charge is 0.480 e. The van der Waals surface area contributed by atoms with Crippen LogP contribution >= 0.6 is 0 Å².